The molecule has 0 aliphatic carbocycles. The molecule has 3 heterocycles. The first-order valence-electron chi connectivity index (χ1n) is 15.9. The summed E-state index contributed by atoms with van der Waals surface area (Å²) in [6, 6.07) is 21.7. The highest BCUT2D eigenvalue weighted by Crippen LogP contribution is 2.34. The number of nitrogens with two attached hydrogens (primary N) is 1. The molecule has 0 radical (unpaired) electrons. The Bertz CT molecular complexity index is 1920. The highest BCUT2D eigenvalue weighted by molar-refractivity contribution is 7.10. The molecule has 1 saturated heterocycles. The minimum absolute atomic E-state index is 0.0765. The summed E-state index contributed by atoms with van der Waals surface area (Å²) < 4.78 is 11.9. The van der Waals surface area contributed by atoms with E-state index in [-0.39, 0.29) is 29.4 Å². The molecular formula is C37H36N4O7S. The van der Waals surface area contributed by atoms with Crippen molar-refractivity contribution in [3.63, 3.8) is 0 Å². The van der Waals surface area contributed by atoms with E-state index in [4.69, 9.17) is 15.2 Å². The van der Waals surface area contributed by atoms with E-state index < -0.39 is 35.6 Å². The van der Waals surface area contributed by atoms with Crippen molar-refractivity contribution in [2.75, 3.05) is 18.5 Å². The molecule has 3 aromatic carbocycles. The molecule has 1 fully saturated rings. The monoisotopic (exact) mass is 680 g/mol. The lowest BCUT2D eigenvalue weighted by Gasteiger charge is -2.27. The third-order valence-electron chi connectivity index (χ3n) is 8.83. The molecule has 6 rings (SSSR count). The number of piperidine rings is 1. The number of anilines is 1. The average Bonchev–Trinajstić information content (AvgIpc) is 3.67. The third-order valence-corrected chi connectivity index (χ3v) is 9.74. The summed E-state index contributed by atoms with van der Waals surface area (Å²) in [5.41, 5.74) is 8.98. The summed E-state index contributed by atoms with van der Waals surface area (Å²) in [5, 5.41) is 7.20. The highest BCUT2D eigenvalue weighted by Gasteiger charge is 2.44. The second-order valence-corrected chi connectivity index (χ2v) is 13.5. The lowest BCUT2D eigenvalue weighted by Crippen LogP contribution is -2.54. The number of nitrogens with zero attached hydrogens (tertiary/aromatic N) is 1. The smallest absolute Gasteiger partial charge is 0.262 e. The van der Waals surface area contributed by atoms with Crippen LogP contribution in [0.25, 0.3) is 0 Å². The van der Waals surface area contributed by atoms with E-state index in [9.17, 15) is 24.0 Å². The van der Waals surface area contributed by atoms with Crippen LogP contribution in [0.5, 0.6) is 11.5 Å². The van der Waals surface area contributed by atoms with Crippen LogP contribution in [0.4, 0.5) is 5.69 Å². The average molecular weight is 681 g/mol. The van der Waals surface area contributed by atoms with Crippen LogP contribution >= 0.6 is 11.3 Å². The number of thiophene rings is 1. The number of imide groups is 2. The van der Waals surface area contributed by atoms with Crippen LogP contribution in [-0.4, -0.2) is 53.6 Å². The Balaban J connectivity index is 0.962. The zero-order chi connectivity index (χ0) is 34.7. The van der Waals surface area contributed by atoms with Crippen LogP contribution in [0.2, 0.25) is 0 Å². The number of ether oxygens (including phenoxy) is 2. The highest BCUT2D eigenvalue weighted by atomic mass is 32.1. The summed E-state index contributed by atoms with van der Waals surface area (Å²) >= 11 is 1.44. The Kier molecular flexibility index (Phi) is 9.50. The summed E-state index contributed by atoms with van der Waals surface area (Å²) in [4.78, 5) is 63.0. The van der Waals surface area contributed by atoms with Crippen molar-refractivity contribution in [3.05, 3.63) is 111 Å². The lowest BCUT2D eigenvalue weighted by atomic mass is 9.78. The van der Waals surface area contributed by atoms with E-state index in [1.807, 2.05) is 24.3 Å². The standard InChI is InChI=1S/C37H36N4O7S/c1-37(2,24-6-11-27(12-7-24)48-20-28-18-22(21-49-28)33(38)43)23-4-9-26(10-5-23)47-17-3-16-39-25-8-13-29-30(19-25)36(46)41(35(29)45)31-14-15-32(42)40-34(31)44/h4-13,18-19,21,31,39H,3,14-17,20H2,1-2H3,(H2,38,43)(H,40,42,44). The topological polar surface area (TPSA) is 157 Å². The van der Waals surface area contributed by atoms with Gasteiger partial charge >= 0.3 is 0 Å². The summed E-state index contributed by atoms with van der Waals surface area (Å²) in [5.74, 6) is -1.05. The number of hydrogen-bond acceptors (Lipinski definition) is 9. The second-order valence-electron chi connectivity index (χ2n) is 12.5. The number of rotatable bonds is 13. The fraction of sp³-hybridized carbons (Fsp3) is 0.270. The minimum Gasteiger partial charge on any atom is -0.494 e. The van der Waals surface area contributed by atoms with Gasteiger partial charge in [0, 0.05) is 34.3 Å². The molecule has 4 aromatic rings. The third kappa shape index (κ3) is 7.19. The molecule has 2 aliphatic rings. The fourth-order valence-electron chi connectivity index (χ4n) is 5.92. The first kappa shape index (κ1) is 33.4. The van der Waals surface area contributed by atoms with Crippen LogP contribution in [0.1, 0.15) is 80.2 Å². The zero-order valence-electron chi connectivity index (χ0n) is 27.1. The maximum atomic E-state index is 13.1. The van der Waals surface area contributed by atoms with Crippen LogP contribution in [-0.2, 0) is 21.6 Å². The Morgan fingerprint density at radius 1 is 0.918 bits per heavy atom. The molecule has 0 saturated carbocycles. The Hall–Kier alpha value is -5.49. The van der Waals surface area contributed by atoms with E-state index in [1.165, 1.54) is 11.3 Å². The molecule has 1 atom stereocenters. The van der Waals surface area contributed by atoms with Gasteiger partial charge in [0.1, 0.15) is 24.1 Å². The van der Waals surface area contributed by atoms with Gasteiger partial charge in [0.05, 0.1) is 23.3 Å². The molecule has 0 bridgehead atoms. The van der Waals surface area contributed by atoms with Crippen LogP contribution < -0.4 is 25.8 Å². The first-order valence-corrected chi connectivity index (χ1v) is 16.8. The molecule has 12 heteroatoms. The zero-order valence-corrected chi connectivity index (χ0v) is 27.9. The van der Waals surface area contributed by atoms with Gasteiger partial charge in [-0.3, -0.25) is 34.2 Å². The van der Waals surface area contributed by atoms with Crippen molar-refractivity contribution >= 4 is 46.6 Å². The van der Waals surface area contributed by atoms with Gasteiger partial charge in [-0.25, -0.2) is 0 Å². The number of carbonyl (C=O) groups excluding carboxylic acids is 5. The van der Waals surface area contributed by atoms with Gasteiger partial charge in [0.15, 0.2) is 0 Å². The lowest BCUT2D eigenvalue weighted by molar-refractivity contribution is -0.136. The number of hydrogen-bond donors (Lipinski definition) is 3. The maximum absolute atomic E-state index is 13.1. The van der Waals surface area contributed by atoms with Crippen LogP contribution in [0, 0.1) is 0 Å². The van der Waals surface area contributed by atoms with Crippen molar-refractivity contribution in [1.82, 2.24) is 10.2 Å². The normalized spacial score (nSPS) is 16.0. The molecule has 252 valence electrons. The summed E-state index contributed by atoms with van der Waals surface area (Å²) in [6.45, 7) is 5.73. The van der Waals surface area contributed by atoms with Crippen molar-refractivity contribution in [2.24, 2.45) is 5.73 Å². The number of benzene rings is 3. The molecule has 1 aromatic heterocycles. The number of primary amides is 1. The quantitative estimate of drug-likeness (QED) is 0.131. The van der Waals surface area contributed by atoms with E-state index >= 15 is 0 Å². The Morgan fingerprint density at radius 2 is 1.57 bits per heavy atom. The van der Waals surface area contributed by atoms with Crippen molar-refractivity contribution < 1.29 is 33.4 Å². The second kappa shape index (κ2) is 13.9. The first-order chi connectivity index (χ1) is 23.5. The van der Waals surface area contributed by atoms with E-state index in [1.54, 1.807) is 29.6 Å². The van der Waals surface area contributed by atoms with Gasteiger partial charge in [0.25, 0.3) is 11.8 Å². The van der Waals surface area contributed by atoms with Gasteiger partial charge in [-0.05, 0) is 72.5 Å². The van der Waals surface area contributed by atoms with Gasteiger partial charge in [-0.1, -0.05) is 38.1 Å². The molecular weight excluding hydrogens is 644 g/mol. The predicted octanol–water partition coefficient (Wildman–Crippen LogP) is 5.03. The Labute approximate surface area is 287 Å². The van der Waals surface area contributed by atoms with Gasteiger partial charge in [-0.2, -0.15) is 0 Å². The molecule has 11 nitrogen and oxygen atoms in total. The van der Waals surface area contributed by atoms with Crippen molar-refractivity contribution in [3.8, 4) is 11.5 Å². The number of fused-ring (bicyclic) bond motifs is 1. The minimum atomic E-state index is -0.991. The van der Waals surface area contributed by atoms with E-state index in [0.717, 1.165) is 32.4 Å². The van der Waals surface area contributed by atoms with Crippen molar-refractivity contribution in [2.45, 2.75) is 51.2 Å². The Morgan fingerprint density at radius 3 is 2.20 bits per heavy atom. The molecule has 49 heavy (non-hydrogen) atoms. The molecule has 2 aliphatic heterocycles. The van der Waals surface area contributed by atoms with Gasteiger partial charge < -0.3 is 20.5 Å². The number of nitrogens with one attached hydrogen (secondary N) is 2. The van der Waals surface area contributed by atoms with Gasteiger partial charge in [-0.15, -0.1) is 11.3 Å². The molecule has 0 spiro atoms. The molecule has 5 amide bonds. The maximum Gasteiger partial charge on any atom is 0.262 e. The van der Waals surface area contributed by atoms with Crippen LogP contribution in [0.15, 0.2) is 78.2 Å². The summed E-state index contributed by atoms with van der Waals surface area (Å²) in [6.07, 6.45) is 0.881. The van der Waals surface area contributed by atoms with E-state index in [2.05, 4.69) is 48.7 Å². The van der Waals surface area contributed by atoms with E-state index in [0.29, 0.717) is 37.4 Å². The summed E-state index contributed by atoms with van der Waals surface area (Å²) in [7, 11) is 0. The van der Waals surface area contributed by atoms with Crippen molar-refractivity contribution in [1.29, 1.82) is 0 Å². The fourth-order valence-corrected chi connectivity index (χ4v) is 6.70. The molecule has 1 unspecified atom stereocenters. The van der Waals surface area contributed by atoms with Crippen LogP contribution in [0.3, 0.4) is 0 Å². The SMILES string of the molecule is CC(C)(c1ccc(OCCCNc2ccc3c(c2)C(=O)N(C2CCC(=O)NC2=O)C3=O)cc1)c1ccc(OCc2cc(C(N)=O)cs2)cc1. The predicted molar refractivity (Wildman–Crippen MR) is 184 cm³/mol. The largest absolute Gasteiger partial charge is 0.494 e. The number of amides is 5. The number of carbonyl (C=O) groups is 5. The molecule has 4 N–H and O–H groups in total. The van der Waals surface area contributed by atoms with Gasteiger partial charge in [0.2, 0.25) is 17.7 Å².